The van der Waals surface area contributed by atoms with Crippen molar-refractivity contribution in [2.75, 3.05) is 6.61 Å². The Morgan fingerprint density at radius 3 is 2.26 bits per heavy atom. The number of nitrogens with zero attached hydrogens (tertiary/aromatic N) is 2. The van der Waals surface area contributed by atoms with Crippen molar-refractivity contribution in [1.29, 1.82) is 5.26 Å². The molecule has 23 heavy (non-hydrogen) atoms. The van der Waals surface area contributed by atoms with E-state index in [0.717, 1.165) is 6.42 Å². The normalized spacial score (nSPS) is 29.4. The van der Waals surface area contributed by atoms with Crippen LogP contribution in [0.1, 0.15) is 61.3 Å². The smallest absolute Gasteiger partial charge is 0.259 e. The maximum atomic E-state index is 8.77. The van der Waals surface area contributed by atoms with Gasteiger partial charge in [-0.25, -0.2) is 4.67 Å². The van der Waals surface area contributed by atoms with Gasteiger partial charge < -0.3 is 13.8 Å². The van der Waals surface area contributed by atoms with Crippen LogP contribution in [0, 0.1) is 17.2 Å². The molecule has 0 saturated carbocycles. The summed E-state index contributed by atoms with van der Waals surface area (Å²) < 4.78 is 20.7. The molecule has 0 aliphatic carbocycles. The summed E-state index contributed by atoms with van der Waals surface area (Å²) in [7, 11) is -1.20. The van der Waals surface area contributed by atoms with E-state index in [1.165, 1.54) is 0 Å². The molecular formula is C17H33N2O3P. The lowest BCUT2D eigenvalue weighted by molar-refractivity contribution is 0.0220. The molecule has 5 nitrogen and oxygen atoms in total. The summed E-state index contributed by atoms with van der Waals surface area (Å²) in [4.78, 5) is 0. The minimum absolute atomic E-state index is 0.0353. The van der Waals surface area contributed by atoms with Crippen LogP contribution in [0.5, 0.6) is 0 Å². The Hall–Kier alpha value is -0.240. The second kappa shape index (κ2) is 9.91. The van der Waals surface area contributed by atoms with Gasteiger partial charge in [0.05, 0.1) is 37.4 Å². The van der Waals surface area contributed by atoms with Gasteiger partial charge in [0, 0.05) is 18.0 Å². The Bertz CT molecular complexity index is 379. The maximum absolute atomic E-state index is 8.77. The van der Waals surface area contributed by atoms with E-state index >= 15 is 0 Å². The third-order valence-electron chi connectivity index (χ3n) is 4.23. The molecule has 0 aromatic heterocycles. The second-order valence-corrected chi connectivity index (χ2v) is 8.17. The van der Waals surface area contributed by atoms with Gasteiger partial charge in [0.1, 0.15) is 0 Å². The first-order valence-electron chi connectivity index (χ1n) is 8.73. The molecule has 0 bridgehead atoms. The van der Waals surface area contributed by atoms with E-state index in [4.69, 9.17) is 19.0 Å². The van der Waals surface area contributed by atoms with Gasteiger partial charge in [-0.15, -0.1) is 0 Å². The first-order chi connectivity index (χ1) is 10.8. The average molecular weight is 344 g/mol. The quantitative estimate of drug-likeness (QED) is 0.456. The van der Waals surface area contributed by atoms with Gasteiger partial charge in [-0.2, -0.15) is 5.26 Å². The molecule has 134 valence electrons. The lowest BCUT2D eigenvalue weighted by atomic mass is 9.98. The minimum atomic E-state index is -1.20. The van der Waals surface area contributed by atoms with E-state index < -0.39 is 8.53 Å². The fraction of sp³-hybridized carbons (Fsp3) is 0.941. The predicted octanol–water partition coefficient (Wildman–Crippen LogP) is 4.48. The van der Waals surface area contributed by atoms with Gasteiger partial charge in [0.25, 0.3) is 8.53 Å². The van der Waals surface area contributed by atoms with Gasteiger partial charge in [0.15, 0.2) is 0 Å². The van der Waals surface area contributed by atoms with Gasteiger partial charge in [-0.1, -0.05) is 13.8 Å². The SMILES string of the molecule is CC[C@H]1O[C@@H](C)[C@H](OP(OCCC#N)N(C(C)C)C(C)C)[C@@H]1C. The third kappa shape index (κ3) is 5.66. The van der Waals surface area contributed by atoms with Crippen LogP contribution in [0.2, 0.25) is 0 Å². The summed E-state index contributed by atoms with van der Waals surface area (Å²) >= 11 is 0. The molecular weight excluding hydrogens is 311 g/mol. The van der Waals surface area contributed by atoms with Crippen molar-refractivity contribution >= 4 is 8.53 Å². The zero-order valence-electron chi connectivity index (χ0n) is 15.7. The number of rotatable bonds is 9. The summed E-state index contributed by atoms with van der Waals surface area (Å²) in [6, 6.07) is 2.77. The summed E-state index contributed by atoms with van der Waals surface area (Å²) in [5.74, 6) is 0.348. The Kier molecular flexibility index (Phi) is 8.97. The van der Waals surface area contributed by atoms with Crippen LogP contribution in [0.4, 0.5) is 0 Å². The number of nitriles is 1. The molecule has 1 aliphatic rings. The molecule has 0 N–H and O–H groups in total. The first kappa shape index (κ1) is 20.8. The van der Waals surface area contributed by atoms with Crippen LogP contribution in [-0.4, -0.2) is 41.7 Å². The molecule has 0 aromatic carbocycles. The van der Waals surface area contributed by atoms with Gasteiger partial charge in [-0.05, 0) is 41.0 Å². The molecule has 6 heteroatoms. The summed E-state index contributed by atoms with van der Waals surface area (Å²) in [6.07, 6.45) is 1.73. The highest BCUT2D eigenvalue weighted by molar-refractivity contribution is 7.44. The largest absolute Gasteiger partial charge is 0.372 e. The summed E-state index contributed by atoms with van der Waals surface area (Å²) in [6.45, 7) is 15.4. The minimum Gasteiger partial charge on any atom is -0.372 e. The van der Waals surface area contributed by atoms with Crippen molar-refractivity contribution in [3.8, 4) is 6.07 Å². The van der Waals surface area contributed by atoms with Gasteiger partial charge in [0.2, 0.25) is 0 Å². The van der Waals surface area contributed by atoms with Crippen molar-refractivity contribution in [2.24, 2.45) is 5.92 Å². The molecule has 1 unspecified atom stereocenters. The molecule has 1 rings (SSSR count). The van der Waals surface area contributed by atoms with Gasteiger partial charge >= 0.3 is 0 Å². The van der Waals surface area contributed by atoms with Crippen LogP contribution >= 0.6 is 8.53 Å². The maximum Gasteiger partial charge on any atom is 0.259 e. The molecule has 0 aromatic rings. The zero-order chi connectivity index (χ0) is 17.6. The molecule has 0 amide bonds. The third-order valence-corrected chi connectivity index (χ3v) is 6.36. The molecule has 0 radical (unpaired) electrons. The topological polar surface area (TPSA) is 54.7 Å². The second-order valence-electron chi connectivity index (χ2n) is 6.76. The monoisotopic (exact) mass is 344 g/mol. The lowest BCUT2D eigenvalue weighted by Gasteiger charge is -2.37. The summed E-state index contributed by atoms with van der Waals surface area (Å²) in [5.41, 5.74) is 0. The van der Waals surface area contributed by atoms with Crippen molar-refractivity contribution in [3.05, 3.63) is 0 Å². The number of ether oxygens (including phenoxy) is 1. The molecule has 1 aliphatic heterocycles. The van der Waals surface area contributed by atoms with Crippen LogP contribution in [0.3, 0.4) is 0 Å². The van der Waals surface area contributed by atoms with Crippen LogP contribution in [-0.2, 0) is 13.8 Å². The zero-order valence-corrected chi connectivity index (χ0v) is 16.5. The van der Waals surface area contributed by atoms with Crippen molar-refractivity contribution in [2.45, 2.75) is 91.7 Å². The number of hydrogen-bond acceptors (Lipinski definition) is 5. The highest BCUT2D eigenvalue weighted by Crippen LogP contribution is 2.50. The Morgan fingerprint density at radius 2 is 1.83 bits per heavy atom. The number of hydrogen-bond donors (Lipinski definition) is 0. The van der Waals surface area contributed by atoms with Crippen molar-refractivity contribution in [1.82, 2.24) is 4.67 Å². The van der Waals surface area contributed by atoms with Crippen molar-refractivity contribution < 1.29 is 13.8 Å². The van der Waals surface area contributed by atoms with E-state index in [2.05, 4.69) is 59.2 Å². The van der Waals surface area contributed by atoms with Crippen molar-refractivity contribution in [3.63, 3.8) is 0 Å². The van der Waals surface area contributed by atoms with Crippen LogP contribution in [0.25, 0.3) is 0 Å². The van der Waals surface area contributed by atoms with E-state index in [1.807, 2.05) is 0 Å². The Labute approximate surface area is 143 Å². The van der Waals surface area contributed by atoms with Crippen LogP contribution in [0.15, 0.2) is 0 Å². The van der Waals surface area contributed by atoms with E-state index in [9.17, 15) is 0 Å². The fourth-order valence-electron chi connectivity index (χ4n) is 3.16. The first-order valence-corrected chi connectivity index (χ1v) is 9.86. The van der Waals surface area contributed by atoms with E-state index in [-0.39, 0.29) is 18.3 Å². The molecule has 1 fully saturated rings. The Morgan fingerprint density at radius 1 is 1.22 bits per heavy atom. The molecule has 1 saturated heterocycles. The van der Waals surface area contributed by atoms with Crippen LogP contribution < -0.4 is 0 Å². The fourth-order valence-corrected chi connectivity index (χ4v) is 5.04. The molecule has 1 heterocycles. The lowest BCUT2D eigenvalue weighted by Crippen LogP contribution is -2.36. The molecule has 0 spiro atoms. The predicted molar refractivity (Wildman–Crippen MR) is 93.9 cm³/mol. The average Bonchev–Trinajstić information content (AvgIpc) is 2.74. The standard InChI is InChI=1S/C17H33N2O3P/c1-8-16-14(6)17(15(7)21-16)22-23(20-11-9-10-18)19(12(2)3)13(4)5/h12-17H,8-9,11H2,1-7H3/t14-,15+,16-,17-,23?/m1/s1. The highest BCUT2D eigenvalue weighted by atomic mass is 31.2. The van der Waals surface area contributed by atoms with Gasteiger partial charge in [-0.3, -0.25) is 0 Å². The molecule has 5 atom stereocenters. The van der Waals surface area contributed by atoms with E-state index in [0.29, 0.717) is 31.0 Å². The van der Waals surface area contributed by atoms with E-state index in [1.54, 1.807) is 0 Å². The highest BCUT2D eigenvalue weighted by Gasteiger charge is 2.42. The summed E-state index contributed by atoms with van der Waals surface area (Å²) in [5, 5.41) is 8.77. The Balaban J connectivity index is 2.85.